The fourth-order valence-electron chi connectivity index (χ4n) is 1.65. The fraction of sp³-hybridized carbons (Fsp3) is 0. The molecule has 0 aliphatic rings. The van der Waals surface area contributed by atoms with Gasteiger partial charge in [0.25, 0.3) is 5.91 Å². The number of aromatic amines is 1. The number of anilines is 1. The molecule has 2 aromatic heterocycles. The van der Waals surface area contributed by atoms with Crippen LogP contribution in [0.25, 0.3) is 10.9 Å². The van der Waals surface area contributed by atoms with Crippen LogP contribution in [-0.4, -0.2) is 16.1 Å². The van der Waals surface area contributed by atoms with Crippen molar-refractivity contribution in [3.8, 4) is 0 Å². The third kappa shape index (κ3) is 2.16. The minimum Gasteiger partial charge on any atom is -0.321 e. The number of H-pyrrole nitrogens is 1. The number of halogens is 1. The molecule has 0 spiro atoms. The van der Waals surface area contributed by atoms with Gasteiger partial charge < -0.3 is 5.32 Å². The molecule has 0 radical (unpaired) electrons. The largest absolute Gasteiger partial charge is 0.321 e. The third-order valence-corrected chi connectivity index (χ3v) is 4.18. The summed E-state index contributed by atoms with van der Waals surface area (Å²) in [5, 5.41) is 12.5. The van der Waals surface area contributed by atoms with E-state index < -0.39 is 0 Å². The van der Waals surface area contributed by atoms with E-state index >= 15 is 0 Å². The number of hydrogen-bond donors (Lipinski definition) is 2. The number of thiophene rings is 1. The second kappa shape index (κ2) is 4.55. The van der Waals surface area contributed by atoms with Gasteiger partial charge in [0, 0.05) is 20.9 Å². The molecular formula is C12H8BrN3OS. The predicted octanol–water partition coefficient (Wildman–Crippen LogP) is 3.64. The smallest absolute Gasteiger partial charge is 0.265 e. The van der Waals surface area contributed by atoms with Crippen LogP contribution in [0.2, 0.25) is 0 Å². The average molecular weight is 322 g/mol. The second-order valence-electron chi connectivity index (χ2n) is 3.76. The first-order valence-electron chi connectivity index (χ1n) is 5.21. The molecule has 0 atom stereocenters. The lowest BCUT2D eigenvalue weighted by molar-refractivity contribution is 0.103. The molecule has 0 bridgehead atoms. The van der Waals surface area contributed by atoms with E-state index in [1.165, 1.54) is 11.3 Å². The molecule has 2 N–H and O–H groups in total. The quantitative estimate of drug-likeness (QED) is 0.757. The molecule has 18 heavy (non-hydrogen) atoms. The van der Waals surface area contributed by atoms with Gasteiger partial charge in [0.05, 0.1) is 16.6 Å². The summed E-state index contributed by atoms with van der Waals surface area (Å²) in [6, 6.07) is 7.43. The number of benzene rings is 1. The molecule has 3 aromatic rings. The van der Waals surface area contributed by atoms with Crippen LogP contribution >= 0.6 is 27.3 Å². The van der Waals surface area contributed by atoms with Gasteiger partial charge in [-0.15, -0.1) is 11.3 Å². The minimum absolute atomic E-state index is 0.103. The maximum atomic E-state index is 12.0. The van der Waals surface area contributed by atoms with Gasteiger partial charge in [-0.1, -0.05) is 0 Å². The van der Waals surface area contributed by atoms with E-state index in [0.717, 1.165) is 21.1 Å². The Morgan fingerprint density at radius 3 is 3.06 bits per heavy atom. The van der Waals surface area contributed by atoms with E-state index in [2.05, 4.69) is 31.4 Å². The minimum atomic E-state index is -0.103. The lowest BCUT2D eigenvalue weighted by Crippen LogP contribution is -2.09. The summed E-state index contributed by atoms with van der Waals surface area (Å²) in [5.74, 6) is -0.103. The van der Waals surface area contributed by atoms with E-state index in [9.17, 15) is 4.79 Å². The molecule has 90 valence electrons. The Balaban J connectivity index is 1.85. The molecule has 0 unspecified atom stereocenters. The van der Waals surface area contributed by atoms with Crippen LogP contribution in [0, 0.1) is 0 Å². The molecule has 0 saturated heterocycles. The number of fused-ring (bicyclic) bond motifs is 1. The summed E-state index contributed by atoms with van der Waals surface area (Å²) >= 11 is 4.74. The first-order chi connectivity index (χ1) is 8.72. The lowest BCUT2D eigenvalue weighted by Gasteiger charge is -2.03. The maximum Gasteiger partial charge on any atom is 0.265 e. The van der Waals surface area contributed by atoms with Gasteiger partial charge in [-0.25, -0.2) is 0 Å². The normalized spacial score (nSPS) is 10.7. The molecule has 0 saturated carbocycles. The van der Waals surface area contributed by atoms with E-state index in [0.29, 0.717) is 4.88 Å². The summed E-state index contributed by atoms with van der Waals surface area (Å²) in [6.07, 6.45) is 1.73. The van der Waals surface area contributed by atoms with Crippen molar-refractivity contribution in [1.29, 1.82) is 0 Å². The number of hydrogen-bond acceptors (Lipinski definition) is 3. The molecule has 0 aliphatic carbocycles. The highest BCUT2D eigenvalue weighted by Crippen LogP contribution is 2.22. The molecule has 1 amide bonds. The highest BCUT2D eigenvalue weighted by molar-refractivity contribution is 9.10. The SMILES string of the molecule is O=C(Nc1ccc2[nH]ncc2c1)c1cc(Br)cs1. The number of rotatable bonds is 2. The molecule has 6 heteroatoms. The molecular weight excluding hydrogens is 314 g/mol. The number of carbonyl (C=O) groups excluding carboxylic acids is 1. The van der Waals surface area contributed by atoms with Crippen LogP contribution in [0.5, 0.6) is 0 Å². The zero-order chi connectivity index (χ0) is 12.5. The Labute approximate surface area is 115 Å². The fourth-order valence-corrected chi connectivity index (χ4v) is 2.97. The topological polar surface area (TPSA) is 57.8 Å². The summed E-state index contributed by atoms with van der Waals surface area (Å²) in [7, 11) is 0. The predicted molar refractivity (Wildman–Crippen MR) is 76.1 cm³/mol. The average Bonchev–Trinajstić information content (AvgIpc) is 2.96. The molecule has 1 aromatic carbocycles. The van der Waals surface area contributed by atoms with Crippen LogP contribution in [0.15, 0.2) is 40.3 Å². The zero-order valence-corrected chi connectivity index (χ0v) is 11.5. The van der Waals surface area contributed by atoms with Crippen molar-refractivity contribution in [1.82, 2.24) is 10.2 Å². The Morgan fingerprint density at radius 1 is 1.39 bits per heavy atom. The van der Waals surface area contributed by atoms with E-state index in [-0.39, 0.29) is 5.91 Å². The van der Waals surface area contributed by atoms with Crippen LogP contribution in [-0.2, 0) is 0 Å². The van der Waals surface area contributed by atoms with Gasteiger partial charge in [-0.05, 0) is 40.2 Å². The summed E-state index contributed by atoms with van der Waals surface area (Å²) in [6.45, 7) is 0. The summed E-state index contributed by atoms with van der Waals surface area (Å²) in [5.41, 5.74) is 1.71. The van der Waals surface area contributed by atoms with Gasteiger partial charge in [-0.3, -0.25) is 9.89 Å². The van der Waals surface area contributed by atoms with E-state index in [1.807, 2.05) is 23.6 Å². The summed E-state index contributed by atoms with van der Waals surface area (Å²) < 4.78 is 0.919. The van der Waals surface area contributed by atoms with Crippen molar-refractivity contribution in [3.05, 3.63) is 45.2 Å². The van der Waals surface area contributed by atoms with Gasteiger partial charge in [0.1, 0.15) is 0 Å². The van der Waals surface area contributed by atoms with Crippen LogP contribution < -0.4 is 5.32 Å². The van der Waals surface area contributed by atoms with E-state index in [4.69, 9.17) is 0 Å². The Morgan fingerprint density at radius 2 is 2.28 bits per heavy atom. The summed E-state index contributed by atoms with van der Waals surface area (Å²) in [4.78, 5) is 12.6. The standard InChI is InChI=1S/C12H8BrN3OS/c13-8-4-11(18-6-8)12(17)15-9-1-2-10-7(3-9)5-14-16-10/h1-6H,(H,14,16)(H,15,17). The number of nitrogens with zero attached hydrogens (tertiary/aromatic N) is 1. The molecule has 4 nitrogen and oxygen atoms in total. The van der Waals surface area contributed by atoms with Crippen molar-refractivity contribution >= 4 is 49.8 Å². The number of carbonyl (C=O) groups is 1. The van der Waals surface area contributed by atoms with Gasteiger partial charge in [0.2, 0.25) is 0 Å². The van der Waals surface area contributed by atoms with Crippen molar-refractivity contribution in [2.75, 3.05) is 5.32 Å². The molecule has 2 heterocycles. The molecule has 0 fully saturated rings. The number of nitrogens with one attached hydrogen (secondary N) is 2. The van der Waals surface area contributed by atoms with Gasteiger partial charge in [-0.2, -0.15) is 5.10 Å². The second-order valence-corrected chi connectivity index (χ2v) is 5.58. The van der Waals surface area contributed by atoms with Crippen molar-refractivity contribution in [2.24, 2.45) is 0 Å². The molecule has 3 rings (SSSR count). The first kappa shape index (κ1) is 11.4. The maximum absolute atomic E-state index is 12.0. The highest BCUT2D eigenvalue weighted by atomic mass is 79.9. The lowest BCUT2D eigenvalue weighted by atomic mass is 10.2. The van der Waals surface area contributed by atoms with Crippen LogP contribution in [0.4, 0.5) is 5.69 Å². The molecule has 0 aliphatic heterocycles. The van der Waals surface area contributed by atoms with Crippen LogP contribution in [0.3, 0.4) is 0 Å². The zero-order valence-electron chi connectivity index (χ0n) is 9.11. The monoisotopic (exact) mass is 321 g/mol. The van der Waals surface area contributed by atoms with Crippen LogP contribution in [0.1, 0.15) is 9.67 Å². The first-order valence-corrected chi connectivity index (χ1v) is 6.88. The number of amides is 1. The number of aromatic nitrogens is 2. The Hall–Kier alpha value is -1.66. The Bertz CT molecular complexity index is 719. The van der Waals surface area contributed by atoms with Crippen molar-refractivity contribution in [3.63, 3.8) is 0 Å². The van der Waals surface area contributed by atoms with Crippen molar-refractivity contribution < 1.29 is 4.79 Å². The van der Waals surface area contributed by atoms with E-state index in [1.54, 1.807) is 12.3 Å². The highest BCUT2D eigenvalue weighted by Gasteiger charge is 2.09. The van der Waals surface area contributed by atoms with Gasteiger partial charge in [0.15, 0.2) is 0 Å². The third-order valence-electron chi connectivity index (χ3n) is 2.49. The van der Waals surface area contributed by atoms with Gasteiger partial charge >= 0.3 is 0 Å². The van der Waals surface area contributed by atoms with Crippen molar-refractivity contribution in [2.45, 2.75) is 0 Å². The Kier molecular flexibility index (Phi) is 2.89.